The Morgan fingerprint density at radius 2 is 1.77 bits per heavy atom. The third-order valence-corrected chi connectivity index (χ3v) is 4.57. The molecule has 3 rings (SSSR count). The highest BCUT2D eigenvalue weighted by atomic mass is 16.6. The molecule has 0 fully saturated rings. The fourth-order valence-electron chi connectivity index (χ4n) is 3.46. The summed E-state index contributed by atoms with van der Waals surface area (Å²) in [6, 6.07) is 9.61. The van der Waals surface area contributed by atoms with Crippen molar-refractivity contribution in [2.45, 2.75) is 34.6 Å². The van der Waals surface area contributed by atoms with Crippen molar-refractivity contribution < 1.29 is 4.92 Å². The van der Waals surface area contributed by atoms with Gasteiger partial charge in [0.25, 0.3) is 0 Å². The number of aryl methyl sites for hydroxylation is 1. The SMILES string of the molecule is Cc1ccc2cccc(Nc3ncnc(N(CC(C)C)CC(C)C)c3[N+](=O)[O-])c2n1. The summed E-state index contributed by atoms with van der Waals surface area (Å²) in [5.74, 6) is 1.17. The number of fused-ring (bicyclic) bond motifs is 1. The van der Waals surface area contributed by atoms with E-state index in [-0.39, 0.29) is 11.5 Å². The molecule has 0 saturated heterocycles. The second-order valence-electron chi connectivity index (χ2n) is 8.30. The predicted molar refractivity (Wildman–Crippen MR) is 120 cm³/mol. The third-order valence-electron chi connectivity index (χ3n) is 4.57. The van der Waals surface area contributed by atoms with Crippen molar-refractivity contribution >= 4 is 33.9 Å². The van der Waals surface area contributed by atoms with Gasteiger partial charge in [0.05, 0.1) is 16.1 Å². The van der Waals surface area contributed by atoms with E-state index in [9.17, 15) is 10.1 Å². The monoisotopic (exact) mass is 408 g/mol. The molecule has 0 aliphatic carbocycles. The van der Waals surface area contributed by atoms with Gasteiger partial charge in [-0.25, -0.2) is 9.97 Å². The van der Waals surface area contributed by atoms with Crippen LogP contribution in [0.25, 0.3) is 10.9 Å². The summed E-state index contributed by atoms with van der Waals surface area (Å²) in [5, 5.41) is 16.2. The Morgan fingerprint density at radius 1 is 1.07 bits per heavy atom. The van der Waals surface area contributed by atoms with Gasteiger partial charge in [0, 0.05) is 24.2 Å². The molecule has 0 aliphatic rings. The Morgan fingerprint density at radius 3 is 2.40 bits per heavy atom. The van der Waals surface area contributed by atoms with Gasteiger partial charge in [-0.3, -0.25) is 15.1 Å². The van der Waals surface area contributed by atoms with Crippen molar-refractivity contribution in [1.29, 1.82) is 0 Å². The fourth-order valence-corrected chi connectivity index (χ4v) is 3.46. The van der Waals surface area contributed by atoms with Gasteiger partial charge in [-0.1, -0.05) is 45.9 Å². The summed E-state index contributed by atoms with van der Waals surface area (Å²) in [4.78, 5) is 26.7. The van der Waals surface area contributed by atoms with E-state index in [1.807, 2.05) is 42.2 Å². The molecule has 8 nitrogen and oxygen atoms in total. The van der Waals surface area contributed by atoms with Crippen molar-refractivity contribution in [3.63, 3.8) is 0 Å². The number of nitro groups is 1. The van der Waals surface area contributed by atoms with Crippen LogP contribution in [0.15, 0.2) is 36.7 Å². The number of hydrogen-bond acceptors (Lipinski definition) is 7. The van der Waals surface area contributed by atoms with Gasteiger partial charge in [-0.15, -0.1) is 0 Å². The maximum atomic E-state index is 12.1. The molecule has 0 bridgehead atoms. The van der Waals surface area contributed by atoms with E-state index in [4.69, 9.17) is 0 Å². The summed E-state index contributed by atoms with van der Waals surface area (Å²) in [6.07, 6.45) is 1.38. The van der Waals surface area contributed by atoms with Gasteiger partial charge < -0.3 is 10.2 Å². The van der Waals surface area contributed by atoms with Gasteiger partial charge in [-0.05, 0) is 30.9 Å². The molecular weight excluding hydrogens is 380 g/mol. The zero-order chi connectivity index (χ0) is 21.8. The van der Waals surface area contributed by atoms with Gasteiger partial charge in [-0.2, -0.15) is 0 Å². The smallest absolute Gasteiger partial charge is 0.350 e. The second kappa shape index (κ2) is 9.02. The van der Waals surface area contributed by atoms with Gasteiger partial charge in [0.2, 0.25) is 11.6 Å². The molecule has 0 aliphatic heterocycles. The van der Waals surface area contributed by atoms with Crippen LogP contribution in [0.4, 0.5) is 23.0 Å². The molecule has 0 amide bonds. The first-order chi connectivity index (χ1) is 14.3. The summed E-state index contributed by atoms with van der Waals surface area (Å²) < 4.78 is 0. The summed E-state index contributed by atoms with van der Waals surface area (Å²) >= 11 is 0. The molecular formula is C22H28N6O2. The molecule has 0 atom stereocenters. The number of pyridine rings is 1. The van der Waals surface area contributed by atoms with E-state index in [0.717, 1.165) is 16.6 Å². The van der Waals surface area contributed by atoms with E-state index in [2.05, 4.69) is 48.0 Å². The maximum Gasteiger partial charge on any atom is 0.353 e. The van der Waals surface area contributed by atoms with Crippen LogP contribution in [0.3, 0.4) is 0 Å². The first kappa shape index (κ1) is 21.4. The number of rotatable bonds is 8. The van der Waals surface area contributed by atoms with Crippen molar-refractivity contribution in [3.05, 3.63) is 52.5 Å². The molecule has 2 aromatic heterocycles. The third kappa shape index (κ3) is 4.82. The van der Waals surface area contributed by atoms with E-state index in [1.54, 1.807) is 0 Å². The quantitative estimate of drug-likeness (QED) is 0.409. The zero-order valence-electron chi connectivity index (χ0n) is 18.1. The Bertz CT molecular complexity index is 1040. The number of aromatic nitrogens is 3. The molecule has 0 unspecified atom stereocenters. The molecule has 0 spiro atoms. The summed E-state index contributed by atoms with van der Waals surface area (Å²) in [5.41, 5.74) is 2.16. The summed E-state index contributed by atoms with van der Waals surface area (Å²) in [7, 11) is 0. The number of hydrogen-bond donors (Lipinski definition) is 1. The molecule has 0 radical (unpaired) electrons. The average Bonchev–Trinajstić information content (AvgIpc) is 2.67. The highest BCUT2D eigenvalue weighted by molar-refractivity contribution is 5.93. The minimum atomic E-state index is -0.408. The van der Waals surface area contributed by atoms with E-state index >= 15 is 0 Å². The second-order valence-corrected chi connectivity index (χ2v) is 8.30. The van der Waals surface area contributed by atoms with Crippen LogP contribution in [0.5, 0.6) is 0 Å². The van der Waals surface area contributed by atoms with Crippen molar-refractivity contribution in [3.8, 4) is 0 Å². The van der Waals surface area contributed by atoms with Gasteiger partial charge >= 0.3 is 5.69 Å². The van der Waals surface area contributed by atoms with Crippen molar-refractivity contribution in [2.24, 2.45) is 11.8 Å². The number of nitrogens with one attached hydrogen (secondary N) is 1. The maximum absolute atomic E-state index is 12.1. The number of benzene rings is 1. The molecule has 3 aromatic rings. The molecule has 1 N–H and O–H groups in total. The molecule has 0 saturated carbocycles. The van der Waals surface area contributed by atoms with Crippen LogP contribution in [-0.4, -0.2) is 33.0 Å². The van der Waals surface area contributed by atoms with Crippen LogP contribution in [0.1, 0.15) is 33.4 Å². The van der Waals surface area contributed by atoms with Crippen LogP contribution < -0.4 is 10.2 Å². The number of anilines is 3. The molecule has 30 heavy (non-hydrogen) atoms. The lowest BCUT2D eigenvalue weighted by Crippen LogP contribution is -2.32. The Kier molecular flexibility index (Phi) is 6.44. The number of para-hydroxylation sites is 1. The lowest BCUT2D eigenvalue weighted by atomic mass is 10.1. The Hall–Kier alpha value is -3.29. The highest BCUT2D eigenvalue weighted by Gasteiger charge is 2.28. The molecule has 8 heteroatoms. The fraction of sp³-hybridized carbons (Fsp3) is 0.409. The zero-order valence-corrected chi connectivity index (χ0v) is 18.1. The largest absolute Gasteiger partial charge is 0.353 e. The van der Waals surface area contributed by atoms with Gasteiger partial charge in [0.15, 0.2) is 0 Å². The Labute approximate surface area is 176 Å². The van der Waals surface area contributed by atoms with Crippen LogP contribution in [-0.2, 0) is 0 Å². The van der Waals surface area contributed by atoms with E-state index in [0.29, 0.717) is 36.4 Å². The van der Waals surface area contributed by atoms with Crippen molar-refractivity contribution in [2.75, 3.05) is 23.3 Å². The van der Waals surface area contributed by atoms with Crippen LogP contribution >= 0.6 is 0 Å². The molecule has 158 valence electrons. The number of nitrogens with zero attached hydrogens (tertiary/aromatic N) is 5. The first-order valence-corrected chi connectivity index (χ1v) is 10.1. The van der Waals surface area contributed by atoms with E-state index in [1.165, 1.54) is 6.33 Å². The highest BCUT2D eigenvalue weighted by Crippen LogP contribution is 2.35. The minimum Gasteiger partial charge on any atom is -0.350 e. The predicted octanol–water partition coefficient (Wildman–Crippen LogP) is 5.10. The van der Waals surface area contributed by atoms with E-state index < -0.39 is 4.92 Å². The lowest BCUT2D eigenvalue weighted by Gasteiger charge is -2.27. The van der Waals surface area contributed by atoms with Crippen molar-refractivity contribution in [1.82, 2.24) is 15.0 Å². The van der Waals surface area contributed by atoms with Gasteiger partial charge in [0.1, 0.15) is 6.33 Å². The van der Waals surface area contributed by atoms with Crippen LogP contribution in [0.2, 0.25) is 0 Å². The average molecular weight is 409 g/mol. The first-order valence-electron chi connectivity index (χ1n) is 10.1. The Balaban J connectivity index is 2.09. The standard InChI is InChI=1S/C22H28N6O2/c1-14(2)11-27(12-15(3)4)22-20(28(29)30)21(23-13-24-22)26-18-8-6-7-17-10-9-16(5)25-19(17)18/h6-10,13-15H,11-12H2,1-5H3,(H,23,24,26). The minimum absolute atomic E-state index is 0.122. The van der Waals surface area contributed by atoms with Crippen LogP contribution in [0, 0.1) is 28.9 Å². The lowest BCUT2D eigenvalue weighted by molar-refractivity contribution is -0.383. The normalized spacial score (nSPS) is 11.3. The molecule has 1 aromatic carbocycles. The molecule has 2 heterocycles. The topological polar surface area (TPSA) is 97.1 Å². The summed E-state index contributed by atoms with van der Waals surface area (Å²) in [6.45, 7) is 11.6.